The van der Waals surface area contributed by atoms with Crippen molar-refractivity contribution in [2.24, 2.45) is 0 Å². The predicted octanol–water partition coefficient (Wildman–Crippen LogP) is 1.08. The third-order valence-corrected chi connectivity index (χ3v) is 3.29. The second kappa shape index (κ2) is 7.87. The van der Waals surface area contributed by atoms with Crippen molar-refractivity contribution in [2.75, 3.05) is 26.8 Å². The van der Waals surface area contributed by atoms with Crippen molar-refractivity contribution in [3.8, 4) is 5.75 Å². The van der Waals surface area contributed by atoms with Gasteiger partial charge in [-0.3, -0.25) is 4.79 Å². The fraction of sp³-hybridized carbons (Fsp3) is 0.533. The molecule has 2 rings (SSSR count). The van der Waals surface area contributed by atoms with Crippen molar-refractivity contribution in [1.82, 2.24) is 10.6 Å². The van der Waals surface area contributed by atoms with Gasteiger partial charge in [-0.05, 0) is 19.0 Å². The molecule has 5 nitrogen and oxygen atoms in total. The first kappa shape index (κ1) is 14.8. The highest BCUT2D eigenvalue weighted by molar-refractivity contribution is 5.76. The van der Waals surface area contributed by atoms with Crippen LogP contribution < -0.4 is 15.4 Å². The van der Waals surface area contributed by atoms with Gasteiger partial charge in [0.05, 0.1) is 6.61 Å². The maximum atomic E-state index is 11.6. The van der Waals surface area contributed by atoms with Crippen molar-refractivity contribution in [3.63, 3.8) is 0 Å². The number of benzene rings is 1. The smallest absolute Gasteiger partial charge is 0.222 e. The van der Waals surface area contributed by atoms with Crippen LogP contribution in [0.25, 0.3) is 0 Å². The summed E-state index contributed by atoms with van der Waals surface area (Å²) >= 11 is 0. The van der Waals surface area contributed by atoms with Gasteiger partial charge < -0.3 is 20.1 Å². The van der Waals surface area contributed by atoms with E-state index in [0.717, 1.165) is 30.8 Å². The van der Waals surface area contributed by atoms with Gasteiger partial charge in [0.15, 0.2) is 0 Å². The molecule has 1 unspecified atom stereocenters. The molecule has 0 spiro atoms. The van der Waals surface area contributed by atoms with Crippen molar-refractivity contribution in [2.45, 2.75) is 25.5 Å². The largest absolute Gasteiger partial charge is 0.489 e. The Balaban J connectivity index is 1.88. The van der Waals surface area contributed by atoms with E-state index in [1.807, 2.05) is 24.3 Å². The molecule has 20 heavy (non-hydrogen) atoms. The molecule has 0 bridgehead atoms. The minimum absolute atomic E-state index is 0.0100. The summed E-state index contributed by atoms with van der Waals surface area (Å²) in [5.41, 5.74) is 1.00. The zero-order chi connectivity index (χ0) is 14.2. The molecule has 1 atom stereocenters. The number of amides is 1. The van der Waals surface area contributed by atoms with Crippen LogP contribution in [-0.4, -0.2) is 38.8 Å². The van der Waals surface area contributed by atoms with Gasteiger partial charge in [-0.1, -0.05) is 18.2 Å². The van der Waals surface area contributed by atoms with Crippen LogP contribution in [0.3, 0.4) is 0 Å². The van der Waals surface area contributed by atoms with E-state index in [4.69, 9.17) is 9.47 Å². The second-order valence-corrected chi connectivity index (χ2v) is 4.86. The third kappa shape index (κ3) is 4.51. The number of para-hydroxylation sites is 1. The lowest BCUT2D eigenvalue weighted by molar-refractivity contribution is -0.122. The molecule has 5 heteroatoms. The Bertz CT molecular complexity index is 431. The number of rotatable bonds is 7. The van der Waals surface area contributed by atoms with Crippen LogP contribution in [0.5, 0.6) is 5.75 Å². The lowest BCUT2D eigenvalue weighted by Crippen LogP contribution is -2.25. The Kier molecular flexibility index (Phi) is 5.83. The van der Waals surface area contributed by atoms with E-state index >= 15 is 0 Å². The van der Waals surface area contributed by atoms with Crippen LogP contribution >= 0.6 is 0 Å². The highest BCUT2D eigenvalue weighted by atomic mass is 16.5. The maximum absolute atomic E-state index is 11.6. The summed E-state index contributed by atoms with van der Waals surface area (Å²) in [6.45, 7) is 2.81. The van der Waals surface area contributed by atoms with Gasteiger partial charge in [0, 0.05) is 32.2 Å². The first-order chi connectivity index (χ1) is 9.79. The van der Waals surface area contributed by atoms with Gasteiger partial charge in [-0.15, -0.1) is 0 Å². The Morgan fingerprint density at radius 1 is 1.45 bits per heavy atom. The number of ether oxygens (including phenoxy) is 2. The summed E-state index contributed by atoms with van der Waals surface area (Å²) in [6, 6.07) is 7.84. The van der Waals surface area contributed by atoms with E-state index in [1.54, 1.807) is 7.11 Å². The molecule has 1 saturated heterocycles. The maximum Gasteiger partial charge on any atom is 0.222 e. The molecule has 1 aromatic rings. The zero-order valence-corrected chi connectivity index (χ0v) is 11.9. The zero-order valence-electron chi connectivity index (χ0n) is 11.9. The summed E-state index contributed by atoms with van der Waals surface area (Å²) in [7, 11) is 1.59. The minimum Gasteiger partial charge on any atom is -0.489 e. The standard InChI is InChI=1S/C15H22N2O3/c1-19-9-7-15(18)17-10-12-4-2-3-5-14(12)20-13-6-8-16-11-13/h2-5,13,16H,6-11H2,1H3,(H,17,18). The van der Waals surface area contributed by atoms with Crippen LogP contribution in [0, 0.1) is 0 Å². The van der Waals surface area contributed by atoms with Gasteiger partial charge in [0.25, 0.3) is 0 Å². The lowest BCUT2D eigenvalue weighted by Gasteiger charge is -2.16. The predicted molar refractivity (Wildman–Crippen MR) is 76.7 cm³/mol. The van der Waals surface area contributed by atoms with Crippen molar-refractivity contribution < 1.29 is 14.3 Å². The summed E-state index contributed by atoms with van der Waals surface area (Å²) in [6.07, 6.45) is 1.63. The van der Waals surface area contributed by atoms with E-state index in [1.165, 1.54) is 0 Å². The number of methoxy groups -OCH3 is 1. The summed E-state index contributed by atoms with van der Waals surface area (Å²) in [5.74, 6) is 0.845. The van der Waals surface area contributed by atoms with Gasteiger partial charge in [0.2, 0.25) is 5.91 Å². The molecule has 1 heterocycles. The van der Waals surface area contributed by atoms with Crippen LogP contribution in [0.1, 0.15) is 18.4 Å². The highest BCUT2D eigenvalue weighted by Crippen LogP contribution is 2.20. The Labute approximate surface area is 119 Å². The van der Waals surface area contributed by atoms with Crippen LogP contribution in [0.4, 0.5) is 0 Å². The molecule has 0 radical (unpaired) electrons. The second-order valence-electron chi connectivity index (χ2n) is 4.86. The number of carbonyl (C=O) groups is 1. The molecule has 0 aromatic heterocycles. The molecule has 1 aliphatic heterocycles. The molecule has 0 aliphatic carbocycles. The van der Waals surface area contributed by atoms with Gasteiger partial charge in [0.1, 0.15) is 11.9 Å². The van der Waals surface area contributed by atoms with E-state index < -0.39 is 0 Å². The number of hydrogen-bond acceptors (Lipinski definition) is 4. The fourth-order valence-corrected chi connectivity index (χ4v) is 2.15. The summed E-state index contributed by atoms with van der Waals surface area (Å²) in [4.78, 5) is 11.6. The molecule has 2 N–H and O–H groups in total. The number of nitrogens with one attached hydrogen (secondary N) is 2. The van der Waals surface area contributed by atoms with E-state index in [0.29, 0.717) is 19.6 Å². The SMILES string of the molecule is COCCC(=O)NCc1ccccc1OC1CCNC1. The van der Waals surface area contributed by atoms with E-state index in [-0.39, 0.29) is 12.0 Å². The molecule has 1 aliphatic rings. The molecule has 1 fully saturated rings. The normalized spacial score (nSPS) is 17.9. The molecule has 1 aromatic carbocycles. The number of hydrogen-bond donors (Lipinski definition) is 2. The highest BCUT2D eigenvalue weighted by Gasteiger charge is 2.17. The topological polar surface area (TPSA) is 59.6 Å². The van der Waals surface area contributed by atoms with Crippen molar-refractivity contribution in [1.29, 1.82) is 0 Å². The van der Waals surface area contributed by atoms with Crippen molar-refractivity contribution in [3.05, 3.63) is 29.8 Å². The quantitative estimate of drug-likeness (QED) is 0.783. The lowest BCUT2D eigenvalue weighted by atomic mass is 10.2. The first-order valence-electron chi connectivity index (χ1n) is 7.00. The first-order valence-corrected chi connectivity index (χ1v) is 7.00. The molecule has 1 amide bonds. The molecule has 110 valence electrons. The van der Waals surface area contributed by atoms with E-state index in [2.05, 4.69) is 10.6 Å². The van der Waals surface area contributed by atoms with Crippen molar-refractivity contribution >= 4 is 5.91 Å². The van der Waals surface area contributed by atoms with Gasteiger partial charge >= 0.3 is 0 Å². The Morgan fingerprint density at radius 2 is 2.30 bits per heavy atom. The summed E-state index contributed by atoms with van der Waals surface area (Å²) in [5, 5.41) is 6.16. The molecule has 0 saturated carbocycles. The third-order valence-electron chi connectivity index (χ3n) is 3.29. The molecular weight excluding hydrogens is 256 g/mol. The van der Waals surface area contributed by atoms with Crippen LogP contribution in [-0.2, 0) is 16.1 Å². The van der Waals surface area contributed by atoms with Gasteiger partial charge in [-0.2, -0.15) is 0 Å². The Hall–Kier alpha value is -1.59. The van der Waals surface area contributed by atoms with E-state index in [9.17, 15) is 4.79 Å². The average molecular weight is 278 g/mol. The number of carbonyl (C=O) groups excluding carboxylic acids is 1. The summed E-state index contributed by atoms with van der Waals surface area (Å²) < 4.78 is 10.9. The van der Waals surface area contributed by atoms with Crippen LogP contribution in [0.2, 0.25) is 0 Å². The minimum atomic E-state index is -0.0100. The van der Waals surface area contributed by atoms with Crippen LogP contribution in [0.15, 0.2) is 24.3 Å². The molecular formula is C15H22N2O3. The fourth-order valence-electron chi connectivity index (χ4n) is 2.15. The Morgan fingerprint density at radius 3 is 3.05 bits per heavy atom. The monoisotopic (exact) mass is 278 g/mol. The average Bonchev–Trinajstić information content (AvgIpc) is 2.97. The van der Waals surface area contributed by atoms with Gasteiger partial charge in [-0.25, -0.2) is 0 Å².